The van der Waals surface area contributed by atoms with Crippen LogP contribution < -0.4 is 10.2 Å². The maximum atomic E-state index is 12.9. The van der Waals surface area contributed by atoms with Gasteiger partial charge in [0.2, 0.25) is 11.8 Å². The Bertz CT molecular complexity index is 929. The number of likely N-dealkylation sites (tertiary alicyclic amines) is 1. The number of fused-ring (bicyclic) bond motifs is 1. The highest BCUT2D eigenvalue weighted by Crippen LogP contribution is 2.36. The number of nitrogens with one attached hydrogen (secondary N) is 1. The Morgan fingerprint density at radius 2 is 1.97 bits per heavy atom. The first kappa shape index (κ1) is 19.4. The highest BCUT2D eigenvalue weighted by molar-refractivity contribution is 8.00. The van der Waals surface area contributed by atoms with Gasteiger partial charge >= 0.3 is 0 Å². The van der Waals surface area contributed by atoms with Crippen molar-refractivity contribution in [1.82, 2.24) is 9.88 Å². The molecule has 1 saturated heterocycles. The van der Waals surface area contributed by atoms with E-state index in [4.69, 9.17) is 0 Å². The molecule has 1 N–H and O–H groups in total. The summed E-state index contributed by atoms with van der Waals surface area (Å²) in [5.74, 6) is -0.203. The summed E-state index contributed by atoms with van der Waals surface area (Å²) in [4.78, 5) is 46.1. The summed E-state index contributed by atoms with van der Waals surface area (Å²) in [7, 11) is 0. The highest BCUT2D eigenvalue weighted by atomic mass is 32.2. The summed E-state index contributed by atoms with van der Waals surface area (Å²) in [6.07, 6.45) is 6.36. The minimum atomic E-state index is -0.308. The van der Waals surface area contributed by atoms with Crippen LogP contribution in [0.4, 0.5) is 11.4 Å². The Morgan fingerprint density at radius 1 is 1.14 bits per heavy atom. The molecule has 2 aromatic rings. The molecule has 0 radical (unpaired) electrons. The van der Waals surface area contributed by atoms with E-state index in [2.05, 4.69) is 10.3 Å². The molecule has 0 aliphatic carbocycles. The molecule has 2 aliphatic rings. The molecule has 1 aromatic heterocycles. The monoisotopic (exact) mass is 410 g/mol. The van der Waals surface area contributed by atoms with Crippen LogP contribution in [-0.4, -0.2) is 53.0 Å². The molecule has 150 valence electrons. The van der Waals surface area contributed by atoms with E-state index in [-0.39, 0.29) is 30.0 Å². The number of thioether (sulfide) groups is 1. The Kier molecular flexibility index (Phi) is 5.80. The third-order valence-electron chi connectivity index (χ3n) is 5.04. The molecule has 1 aromatic carbocycles. The number of carbonyl (C=O) groups excluding carboxylic acids is 3. The Hall–Kier alpha value is -2.87. The summed E-state index contributed by atoms with van der Waals surface area (Å²) in [6, 6.07) is 8.89. The molecule has 0 atom stereocenters. The van der Waals surface area contributed by atoms with Crippen molar-refractivity contribution in [2.24, 2.45) is 0 Å². The van der Waals surface area contributed by atoms with E-state index < -0.39 is 0 Å². The summed E-state index contributed by atoms with van der Waals surface area (Å²) in [5, 5.41) is 2.75. The molecule has 3 heterocycles. The molecule has 8 heteroatoms. The lowest BCUT2D eigenvalue weighted by Gasteiger charge is -2.30. The van der Waals surface area contributed by atoms with Gasteiger partial charge in [-0.25, -0.2) is 0 Å². The third-order valence-corrected chi connectivity index (χ3v) is 6.09. The van der Waals surface area contributed by atoms with Crippen molar-refractivity contribution in [3.63, 3.8) is 0 Å². The second-order valence-corrected chi connectivity index (χ2v) is 8.11. The number of anilines is 2. The molecular weight excluding hydrogens is 388 g/mol. The molecule has 1 fully saturated rings. The molecular formula is C21H22N4O3S. The fourth-order valence-electron chi connectivity index (χ4n) is 3.57. The number of amides is 3. The minimum absolute atomic E-state index is 0.0183. The van der Waals surface area contributed by atoms with Crippen LogP contribution in [0.5, 0.6) is 0 Å². The van der Waals surface area contributed by atoms with Crippen LogP contribution in [0.25, 0.3) is 0 Å². The molecule has 0 bridgehead atoms. The van der Waals surface area contributed by atoms with E-state index in [0.717, 1.165) is 37.2 Å². The standard InChI is InChI=1S/C21H22N4O3S/c26-19(23-16-5-4-8-22-12-16)13-25-17-11-15(6-7-18(17)29-14-20(25)27)21(28)24-9-2-1-3-10-24/h4-8,11-12H,1-3,9-10,13-14H2,(H,23,26). The summed E-state index contributed by atoms with van der Waals surface area (Å²) in [6.45, 7) is 1.42. The lowest BCUT2D eigenvalue weighted by Crippen LogP contribution is -2.41. The van der Waals surface area contributed by atoms with Gasteiger partial charge in [0.05, 0.1) is 23.3 Å². The van der Waals surface area contributed by atoms with Gasteiger partial charge in [0, 0.05) is 29.7 Å². The van der Waals surface area contributed by atoms with Gasteiger partial charge in [-0.1, -0.05) is 0 Å². The predicted molar refractivity (Wildman–Crippen MR) is 112 cm³/mol. The van der Waals surface area contributed by atoms with Crippen molar-refractivity contribution >= 4 is 40.9 Å². The molecule has 2 aliphatic heterocycles. The van der Waals surface area contributed by atoms with Crippen molar-refractivity contribution in [1.29, 1.82) is 0 Å². The van der Waals surface area contributed by atoms with Crippen LogP contribution in [0.15, 0.2) is 47.6 Å². The highest BCUT2D eigenvalue weighted by Gasteiger charge is 2.28. The predicted octanol–water partition coefficient (Wildman–Crippen LogP) is 2.79. The van der Waals surface area contributed by atoms with Crippen molar-refractivity contribution in [3.05, 3.63) is 48.3 Å². The second kappa shape index (κ2) is 8.65. The molecule has 0 unspecified atom stereocenters. The fraction of sp³-hybridized carbons (Fsp3) is 0.333. The number of hydrogen-bond acceptors (Lipinski definition) is 5. The van der Waals surface area contributed by atoms with E-state index in [1.54, 1.807) is 30.6 Å². The lowest BCUT2D eigenvalue weighted by molar-refractivity contribution is -0.120. The van der Waals surface area contributed by atoms with Gasteiger partial charge < -0.3 is 15.1 Å². The first-order chi connectivity index (χ1) is 14.1. The van der Waals surface area contributed by atoms with Crippen molar-refractivity contribution in [3.8, 4) is 0 Å². The van der Waals surface area contributed by atoms with Crippen LogP contribution in [-0.2, 0) is 9.59 Å². The minimum Gasteiger partial charge on any atom is -0.339 e. The number of aromatic nitrogens is 1. The number of carbonyl (C=O) groups is 3. The number of rotatable bonds is 4. The van der Waals surface area contributed by atoms with E-state index in [0.29, 0.717) is 16.9 Å². The average Bonchev–Trinajstić information content (AvgIpc) is 2.76. The average molecular weight is 410 g/mol. The maximum Gasteiger partial charge on any atom is 0.253 e. The van der Waals surface area contributed by atoms with Gasteiger partial charge in [0.15, 0.2) is 0 Å². The lowest BCUT2D eigenvalue weighted by atomic mass is 10.1. The van der Waals surface area contributed by atoms with Crippen molar-refractivity contribution in [2.75, 3.05) is 35.6 Å². The van der Waals surface area contributed by atoms with Crippen LogP contribution in [0.2, 0.25) is 0 Å². The van der Waals surface area contributed by atoms with Crippen molar-refractivity contribution in [2.45, 2.75) is 24.2 Å². The quantitative estimate of drug-likeness (QED) is 0.838. The SMILES string of the molecule is O=C(CN1C(=O)CSc2ccc(C(=O)N3CCCCC3)cc21)Nc1cccnc1. The Morgan fingerprint density at radius 3 is 2.72 bits per heavy atom. The zero-order chi connectivity index (χ0) is 20.2. The normalized spacial score (nSPS) is 16.3. The van der Waals surface area contributed by atoms with Gasteiger partial charge in [0.25, 0.3) is 5.91 Å². The molecule has 7 nitrogen and oxygen atoms in total. The van der Waals surface area contributed by atoms with Gasteiger partial charge in [-0.2, -0.15) is 0 Å². The zero-order valence-corrected chi connectivity index (χ0v) is 16.8. The molecule has 0 saturated carbocycles. The van der Waals surface area contributed by atoms with E-state index in [9.17, 15) is 14.4 Å². The van der Waals surface area contributed by atoms with E-state index in [1.165, 1.54) is 16.7 Å². The van der Waals surface area contributed by atoms with Gasteiger partial charge in [0.1, 0.15) is 6.54 Å². The van der Waals surface area contributed by atoms with Gasteiger partial charge in [-0.3, -0.25) is 19.4 Å². The number of nitrogens with zero attached hydrogens (tertiary/aromatic N) is 3. The van der Waals surface area contributed by atoms with E-state index in [1.807, 2.05) is 17.0 Å². The smallest absolute Gasteiger partial charge is 0.253 e. The first-order valence-corrected chi connectivity index (χ1v) is 10.7. The van der Waals surface area contributed by atoms with E-state index >= 15 is 0 Å². The summed E-state index contributed by atoms with van der Waals surface area (Å²) < 4.78 is 0. The number of hydrogen-bond donors (Lipinski definition) is 1. The summed E-state index contributed by atoms with van der Waals surface area (Å²) in [5.41, 5.74) is 1.75. The molecule has 29 heavy (non-hydrogen) atoms. The number of pyridine rings is 1. The van der Waals surface area contributed by atoms with Crippen LogP contribution in [0, 0.1) is 0 Å². The van der Waals surface area contributed by atoms with Crippen LogP contribution >= 0.6 is 11.8 Å². The fourth-order valence-corrected chi connectivity index (χ4v) is 4.48. The Labute approximate surface area is 173 Å². The summed E-state index contributed by atoms with van der Waals surface area (Å²) >= 11 is 1.43. The molecule has 4 rings (SSSR count). The van der Waals surface area contributed by atoms with Gasteiger partial charge in [-0.15, -0.1) is 11.8 Å². The third kappa shape index (κ3) is 4.42. The Balaban J connectivity index is 1.54. The molecule has 0 spiro atoms. The van der Waals surface area contributed by atoms with Gasteiger partial charge in [-0.05, 0) is 49.6 Å². The maximum absolute atomic E-state index is 12.9. The first-order valence-electron chi connectivity index (χ1n) is 9.68. The number of benzene rings is 1. The number of piperidine rings is 1. The van der Waals surface area contributed by atoms with Crippen LogP contribution in [0.1, 0.15) is 29.6 Å². The zero-order valence-electron chi connectivity index (χ0n) is 16.0. The van der Waals surface area contributed by atoms with Crippen LogP contribution in [0.3, 0.4) is 0 Å². The topological polar surface area (TPSA) is 82.6 Å². The van der Waals surface area contributed by atoms with Crippen molar-refractivity contribution < 1.29 is 14.4 Å². The molecule has 3 amide bonds. The largest absolute Gasteiger partial charge is 0.339 e. The second-order valence-electron chi connectivity index (χ2n) is 7.09.